The van der Waals surface area contributed by atoms with Gasteiger partial charge < -0.3 is 19.1 Å². The van der Waals surface area contributed by atoms with E-state index < -0.39 is 0 Å². The maximum atomic E-state index is 5.82. The highest BCUT2D eigenvalue weighted by Crippen LogP contribution is 2.45. The van der Waals surface area contributed by atoms with Gasteiger partial charge in [-0.3, -0.25) is 4.40 Å². The van der Waals surface area contributed by atoms with Gasteiger partial charge in [-0.05, 0) is 32.8 Å². The zero-order valence-corrected chi connectivity index (χ0v) is 18.4. The Hall–Kier alpha value is -2.71. The lowest BCUT2D eigenvalue weighted by molar-refractivity contribution is -0.0157. The van der Waals surface area contributed by atoms with Crippen molar-refractivity contribution in [2.24, 2.45) is 0 Å². The molecule has 0 spiro atoms. The van der Waals surface area contributed by atoms with Crippen LogP contribution >= 0.6 is 0 Å². The van der Waals surface area contributed by atoms with Crippen LogP contribution in [0.15, 0.2) is 30.7 Å². The summed E-state index contributed by atoms with van der Waals surface area (Å²) in [5.41, 5.74) is 3.82. The van der Waals surface area contributed by atoms with E-state index in [2.05, 4.69) is 25.3 Å². The first-order chi connectivity index (χ1) is 15.1. The lowest BCUT2D eigenvalue weighted by atomic mass is 10.1. The number of aromatic nitrogens is 4. The number of rotatable bonds is 7. The van der Waals surface area contributed by atoms with Crippen molar-refractivity contribution in [2.45, 2.75) is 38.2 Å². The van der Waals surface area contributed by atoms with E-state index in [4.69, 9.17) is 19.2 Å². The van der Waals surface area contributed by atoms with Crippen LogP contribution in [0.2, 0.25) is 0 Å². The molecule has 0 atom stereocenters. The summed E-state index contributed by atoms with van der Waals surface area (Å²) < 4.78 is 18.9. The third kappa shape index (κ3) is 4.09. The number of pyridine rings is 1. The Labute approximate surface area is 182 Å². The predicted molar refractivity (Wildman–Crippen MR) is 118 cm³/mol. The van der Waals surface area contributed by atoms with Gasteiger partial charge in [-0.15, -0.1) is 0 Å². The van der Waals surface area contributed by atoms with Crippen molar-refractivity contribution >= 4 is 11.5 Å². The van der Waals surface area contributed by atoms with E-state index in [0.717, 1.165) is 54.7 Å². The molecule has 3 aromatic heterocycles. The maximum absolute atomic E-state index is 5.82. The van der Waals surface area contributed by atoms with Crippen molar-refractivity contribution < 1.29 is 14.2 Å². The fraction of sp³-hybridized carbons (Fsp3) is 0.522. The van der Waals surface area contributed by atoms with Crippen LogP contribution in [0, 0.1) is 0 Å². The molecule has 4 heterocycles. The third-order valence-electron chi connectivity index (χ3n) is 5.96. The third-order valence-corrected chi connectivity index (χ3v) is 5.96. The zero-order chi connectivity index (χ0) is 21.4. The van der Waals surface area contributed by atoms with Crippen LogP contribution < -0.4 is 9.64 Å². The molecule has 1 aliphatic carbocycles. The zero-order valence-electron chi connectivity index (χ0n) is 18.4. The van der Waals surface area contributed by atoms with Gasteiger partial charge >= 0.3 is 0 Å². The molecule has 8 nitrogen and oxygen atoms in total. The number of ether oxygens (including phenoxy) is 3. The van der Waals surface area contributed by atoms with E-state index in [-0.39, 0.29) is 5.60 Å². The van der Waals surface area contributed by atoms with Crippen LogP contribution in [-0.2, 0) is 9.47 Å². The minimum absolute atomic E-state index is 0.357. The summed E-state index contributed by atoms with van der Waals surface area (Å²) in [5.74, 6) is 2.02. The van der Waals surface area contributed by atoms with Crippen molar-refractivity contribution in [1.29, 1.82) is 0 Å². The molecule has 0 aromatic carbocycles. The number of imidazole rings is 1. The first-order valence-electron chi connectivity index (χ1n) is 10.9. The molecule has 0 amide bonds. The molecule has 3 aromatic rings. The van der Waals surface area contributed by atoms with Gasteiger partial charge in [0.25, 0.3) is 0 Å². The second-order valence-electron chi connectivity index (χ2n) is 8.80. The van der Waals surface area contributed by atoms with Gasteiger partial charge in [0.1, 0.15) is 6.61 Å². The van der Waals surface area contributed by atoms with Gasteiger partial charge in [0.15, 0.2) is 11.5 Å². The summed E-state index contributed by atoms with van der Waals surface area (Å²) in [5, 5.41) is 0. The summed E-state index contributed by atoms with van der Waals surface area (Å²) in [6.07, 6.45) is 8.09. The standard InChI is InChI=1S/C23H29N5O3/c1-23(2,29-3)15-31-18-7-6-17(14-25-18)20-19(16-4-5-16)26-22-21(24-8-9-28(20)22)27-10-12-30-13-11-27/h6-9,14,16H,4-5,10-13,15H2,1-3H3. The van der Waals surface area contributed by atoms with E-state index in [1.54, 1.807) is 7.11 Å². The minimum atomic E-state index is -0.357. The Morgan fingerprint density at radius 2 is 1.97 bits per heavy atom. The summed E-state index contributed by atoms with van der Waals surface area (Å²) in [6, 6.07) is 3.98. The lowest BCUT2D eigenvalue weighted by Gasteiger charge is -2.27. The number of methoxy groups -OCH3 is 1. The Bertz CT molecular complexity index is 1050. The highest BCUT2D eigenvalue weighted by atomic mass is 16.5. The second-order valence-corrected chi connectivity index (χ2v) is 8.80. The van der Waals surface area contributed by atoms with Crippen LogP contribution in [0.25, 0.3) is 16.9 Å². The molecule has 164 valence electrons. The van der Waals surface area contributed by atoms with E-state index in [0.29, 0.717) is 18.4 Å². The molecular formula is C23H29N5O3. The van der Waals surface area contributed by atoms with E-state index in [1.165, 1.54) is 12.8 Å². The smallest absolute Gasteiger partial charge is 0.213 e. The molecular weight excluding hydrogens is 394 g/mol. The van der Waals surface area contributed by atoms with Crippen LogP contribution in [0.3, 0.4) is 0 Å². The minimum Gasteiger partial charge on any atom is -0.475 e. The molecule has 31 heavy (non-hydrogen) atoms. The molecule has 5 rings (SSSR count). The van der Waals surface area contributed by atoms with Gasteiger partial charge in [0.2, 0.25) is 5.88 Å². The first kappa shape index (κ1) is 20.2. The average molecular weight is 424 g/mol. The summed E-state index contributed by atoms with van der Waals surface area (Å²) in [4.78, 5) is 16.6. The SMILES string of the molecule is COC(C)(C)COc1ccc(-c2c(C3CC3)nc3c(N4CCOCC4)nccn23)cn1. The number of nitrogens with zero attached hydrogens (tertiary/aromatic N) is 5. The molecule has 0 bridgehead atoms. The molecule has 8 heteroatoms. The molecule has 0 unspecified atom stereocenters. The van der Waals surface area contributed by atoms with E-state index in [1.807, 2.05) is 38.5 Å². The molecule has 2 aliphatic rings. The Morgan fingerprint density at radius 3 is 2.65 bits per heavy atom. The highest BCUT2D eigenvalue weighted by Gasteiger charge is 2.32. The lowest BCUT2D eigenvalue weighted by Crippen LogP contribution is -2.37. The van der Waals surface area contributed by atoms with Crippen LogP contribution in [0.5, 0.6) is 5.88 Å². The Kier molecular flexibility index (Phi) is 5.27. The molecule has 0 N–H and O–H groups in total. The number of hydrogen-bond donors (Lipinski definition) is 0. The van der Waals surface area contributed by atoms with Gasteiger partial charge in [-0.25, -0.2) is 15.0 Å². The molecule has 1 aliphatic heterocycles. The Morgan fingerprint density at radius 1 is 1.16 bits per heavy atom. The van der Waals surface area contributed by atoms with E-state index in [9.17, 15) is 0 Å². The second kappa shape index (κ2) is 8.09. The predicted octanol–water partition coefficient (Wildman–Crippen LogP) is 3.31. The van der Waals surface area contributed by atoms with Gasteiger partial charge in [0.05, 0.1) is 30.2 Å². The summed E-state index contributed by atoms with van der Waals surface area (Å²) >= 11 is 0. The van der Waals surface area contributed by atoms with Gasteiger partial charge in [-0.1, -0.05) is 0 Å². The Balaban J connectivity index is 1.50. The molecule has 0 radical (unpaired) electrons. The topological polar surface area (TPSA) is 74.0 Å². The van der Waals surface area contributed by atoms with Crippen molar-refractivity contribution in [2.75, 3.05) is 44.9 Å². The van der Waals surface area contributed by atoms with Crippen molar-refractivity contribution in [3.8, 4) is 17.1 Å². The molecule has 1 saturated heterocycles. The molecule has 2 fully saturated rings. The van der Waals surface area contributed by atoms with Crippen molar-refractivity contribution in [3.05, 3.63) is 36.4 Å². The van der Waals surface area contributed by atoms with Crippen LogP contribution in [0.1, 0.15) is 38.3 Å². The number of hydrogen-bond acceptors (Lipinski definition) is 7. The summed E-state index contributed by atoms with van der Waals surface area (Å²) in [6.45, 7) is 7.52. The fourth-order valence-electron chi connectivity index (χ4n) is 3.82. The largest absolute Gasteiger partial charge is 0.475 e. The number of fused-ring (bicyclic) bond motifs is 1. The normalized spacial score (nSPS) is 17.3. The van der Waals surface area contributed by atoms with Crippen LogP contribution in [-0.4, -0.2) is 65.0 Å². The first-order valence-corrected chi connectivity index (χ1v) is 10.9. The quantitative estimate of drug-likeness (QED) is 0.577. The van der Waals surface area contributed by atoms with Crippen LogP contribution in [0.4, 0.5) is 5.82 Å². The fourth-order valence-corrected chi connectivity index (χ4v) is 3.82. The summed E-state index contributed by atoms with van der Waals surface area (Å²) in [7, 11) is 1.68. The van der Waals surface area contributed by atoms with Crippen molar-refractivity contribution in [3.63, 3.8) is 0 Å². The van der Waals surface area contributed by atoms with E-state index >= 15 is 0 Å². The molecule has 1 saturated carbocycles. The number of anilines is 1. The van der Waals surface area contributed by atoms with Gasteiger partial charge in [0, 0.05) is 56.3 Å². The number of morpholine rings is 1. The maximum Gasteiger partial charge on any atom is 0.213 e. The average Bonchev–Trinajstić information content (AvgIpc) is 3.58. The van der Waals surface area contributed by atoms with Crippen molar-refractivity contribution in [1.82, 2.24) is 19.4 Å². The van der Waals surface area contributed by atoms with Gasteiger partial charge in [-0.2, -0.15) is 0 Å². The monoisotopic (exact) mass is 423 g/mol. The highest BCUT2D eigenvalue weighted by molar-refractivity contribution is 5.74.